The standard InChI is InChI=1S/C16H23ClN6O2/c1-25-10-9-22-8-6-18-15(22)12-3-2-7-23(11-12)14(24)5-4-13-19-16(17)21-20-13/h6,8,12H,2-5,7,9-11H2,1H3,(H,19,20,21)/t12-/m1/s1. The van der Waals surface area contributed by atoms with Gasteiger partial charge in [0, 0.05) is 57.9 Å². The second kappa shape index (κ2) is 8.44. The molecular weight excluding hydrogens is 344 g/mol. The fraction of sp³-hybridized carbons (Fsp3) is 0.625. The lowest BCUT2D eigenvalue weighted by Gasteiger charge is -2.32. The molecule has 0 radical (unpaired) electrons. The maximum Gasteiger partial charge on any atom is 0.242 e. The highest BCUT2D eigenvalue weighted by atomic mass is 35.5. The molecule has 25 heavy (non-hydrogen) atoms. The van der Waals surface area contributed by atoms with E-state index in [1.54, 1.807) is 7.11 Å². The molecule has 0 bridgehead atoms. The minimum absolute atomic E-state index is 0.132. The summed E-state index contributed by atoms with van der Waals surface area (Å²) in [7, 11) is 1.69. The summed E-state index contributed by atoms with van der Waals surface area (Å²) < 4.78 is 7.28. The molecule has 3 rings (SSSR count). The average molecular weight is 367 g/mol. The van der Waals surface area contributed by atoms with E-state index in [-0.39, 0.29) is 17.1 Å². The van der Waals surface area contributed by atoms with Crippen molar-refractivity contribution in [1.29, 1.82) is 0 Å². The molecule has 8 nitrogen and oxygen atoms in total. The number of hydrogen-bond acceptors (Lipinski definition) is 5. The Labute approximate surface area is 151 Å². The van der Waals surface area contributed by atoms with Crippen molar-refractivity contribution in [2.75, 3.05) is 26.8 Å². The van der Waals surface area contributed by atoms with Gasteiger partial charge < -0.3 is 14.2 Å². The molecule has 1 fully saturated rings. The highest BCUT2D eigenvalue weighted by molar-refractivity contribution is 6.28. The molecule has 1 atom stereocenters. The summed E-state index contributed by atoms with van der Waals surface area (Å²) in [5.74, 6) is 2.08. The molecule has 1 saturated heterocycles. The quantitative estimate of drug-likeness (QED) is 0.804. The molecule has 2 aromatic rings. The third-order valence-corrected chi connectivity index (χ3v) is 4.67. The maximum atomic E-state index is 12.5. The number of likely N-dealkylation sites (tertiary alicyclic amines) is 1. The van der Waals surface area contributed by atoms with E-state index in [2.05, 4.69) is 24.7 Å². The van der Waals surface area contributed by atoms with Gasteiger partial charge in [0.25, 0.3) is 0 Å². The topological polar surface area (TPSA) is 88.9 Å². The van der Waals surface area contributed by atoms with Gasteiger partial charge in [0.15, 0.2) is 0 Å². The van der Waals surface area contributed by atoms with Crippen LogP contribution in [0.3, 0.4) is 0 Å². The normalized spacial score (nSPS) is 17.8. The molecule has 3 heterocycles. The van der Waals surface area contributed by atoms with Crippen LogP contribution in [-0.4, -0.2) is 62.3 Å². The number of carbonyl (C=O) groups excluding carboxylic acids is 1. The summed E-state index contributed by atoms with van der Waals surface area (Å²) in [6, 6.07) is 0. The fourth-order valence-electron chi connectivity index (χ4n) is 3.24. The number of hydrogen-bond donors (Lipinski definition) is 1. The summed E-state index contributed by atoms with van der Waals surface area (Å²) >= 11 is 5.68. The summed E-state index contributed by atoms with van der Waals surface area (Å²) in [4.78, 5) is 23.0. The van der Waals surface area contributed by atoms with Gasteiger partial charge in [-0.3, -0.25) is 9.89 Å². The van der Waals surface area contributed by atoms with Crippen LogP contribution in [0.15, 0.2) is 12.4 Å². The van der Waals surface area contributed by atoms with Gasteiger partial charge in [-0.1, -0.05) is 0 Å². The fourth-order valence-corrected chi connectivity index (χ4v) is 3.39. The number of H-pyrrole nitrogens is 1. The van der Waals surface area contributed by atoms with Crippen molar-refractivity contribution < 1.29 is 9.53 Å². The Kier molecular flexibility index (Phi) is 6.04. The van der Waals surface area contributed by atoms with Crippen molar-refractivity contribution in [2.45, 2.75) is 38.1 Å². The Morgan fingerprint density at radius 3 is 3.16 bits per heavy atom. The molecule has 0 unspecified atom stereocenters. The number of rotatable bonds is 7. The van der Waals surface area contributed by atoms with Crippen LogP contribution in [0, 0.1) is 0 Å². The van der Waals surface area contributed by atoms with Crippen LogP contribution in [0.2, 0.25) is 5.28 Å². The second-order valence-electron chi connectivity index (χ2n) is 6.20. The summed E-state index contributed by atoms with van der Waals surface area (Å²) in [5, 5.41) is 6.69. The zero-order valence-corrected chi connectivity index (χ0v) is 15.1. The molecule has 0 saturated carbocycles. The lowest BCUT2D eigenvalue weighted by Crippen LogP contribution is -2.40. The first-order chi connectivity index (χ1) is 12.2. The van der Waals surface area contributed by atoms with Crippen molar-refractivity contribution in [3.05, 3.63) is 29.3 Å². The molecule has 136 valence electrons. The summed E-state index contributed by atoms with van der Waals surface area (Å²) in [6.07, 6.45) is 6.74. The average Bonchev–Trinajstić information content (AvgIpc) is 3.26. The number of aryl methyl sites for hydroxylation is 1. The highest BCUT2D eigenvalue weighted by Gasteiger charge is 2.27. The van der Waals surface area contributed by atoms with Crippen molar-refractivity contribution in [1.82, 2.24) is 29.6 Å². The van der Waals surface area contributed by atoms with Crippen LogP contribution < -0.4 is 0 Å². The molecular formula is C16H23ClN6O2. The minimum Gasteiger partial charge on any atom is -0.383 e. The third kappa shape index (κ3) is 4.58. The Morgan fingerprint density at radius 1 is 1.52 bits per heavy atom. The van der Waals surface area contributed by atoms with Crippen LogP contribution >= 0.6 is 11.6 Å². The van der Waals surface area contributed by atoms with Crippen LogP contribution in [0.4, 0.5) is 0 Å². The van der Waals surface area contributed by atoms with Gasteiger partial charge in [0.1, 0.15) is 11.6 Å². The molecule has 2 aromatic heterocycles. The van der Waals surface area contributed by atoms with Crippen molar-refractivity contribution in [2.24, 2.45) is 0 Å². The van der Waals surface area contributed by atoms with Crippen molar-refractivity contribution >= 4 is 17.5 Å². The molecule has 0 aliphatic carbocycles. The third-order valence-electron chi connectivity index (χ3n) is 4.50. The zero-order valence-electron chi connectivity index (χ0n) is 14.3. The smallest absolute Gasteiger partial charge is 0.242 e. The van der Waals surface area contributed by atoms with E-state index in [9.17, 15) is 4.79 Å². The van der Waals surface area contributed by atoms with E-state index in [1.807, 2.05) is 17.3 Å². The van der Waals surface area contributed by atoms with E-state index >= 15 is 0 Å². The van der Waals surface area contributed by atoms with Crippen LogP contribution in [-0.2, 0) is 22.5 Å². The molecule has 0 aromatic carbocycles. The minimum atomic E-state index is 0.132. The molecule has 1 aliphatic rings. The van der Waals surface area contributed by atoms with Gasteiger partial charge in [0.2, 0.25) is 11.2 Å². The van der Waals surface area contributed by atoms with E-state index < -0.39 is 0 Å². The first-order valence-corrected chi connectivity index (χ1v) is 8.89. The van der Waals surface area contributed by atoms with E-state index in [0.29, 0.717) is 31.8 Å². The Morgan fingerprint density at radius 2 is 2.40 bits per heavy atom. The van der Waals surface area contributed by atoms with Gasteiger partial charge in [-0.15, -0.1) is 5.10 Å². The number of halogens is 1. The van der Waals surface area contributed by atoms with Gasteiger partial charge >= 0.3 is 0 Å². The van der Waals surface area contributed by atoms with E-state index in [4.69, 9.17) is 16.3 Å². The number of piperidine rings is 1. The van der Waals surface area contributed by atoms with Gasteiger partial charge in [0.05, 0.1) is 6.61 Å². The van der Waals surface area contributed by atoms with Crippen LogP contribution in [0.5, 0.6) is 0 Å². The zero-order chi connectivity index (χ0) is 17.6. The largest absolute Gasteiger partial charge is 0.383 e. The SMILES string of the molecule is COCCn1ccnc1[C@@H]1CCCN(C(=O)CCc2nc(Cl)n[nH]2)C1. The Hall–Kier alpha value is -1.93. The number of nitrogens with zero attached hydrogens (tertiary/aromatic N) is 5. The first-order valence-electron chi connectivity index (χ1n) is 8.52. The Bertz CT molecular complexity index is 700. The number of imidazole rings is 1. The molecule has 1 amide bonds. The maximum absolute atomic E-state index is 12.5. The summed E-state index contributed by atoms with van der Waals surface area (Å²) in [5.41, 5.74) is 0. The number of aromatic amines is 1. The molecule has 1 aliphatic heterocycles. The number of amides is 1. The van der Waals surface area contributed by atoms with Crippen LogP contribution in [0.1, 0.15) is 36.8 Å². The first kappa shape index (κ1) is 17.9. The number of aromatic nitrogens is 5. The van der Waals surface area contributed by atoms with E-state index in [1.165, 1.54) is 0 Å². The Balaban J connectivity index is 1.57. The van der Waals surface area contributed by atoms with Gasteiger partial charge in [-0.05, 0) is 24.4 Å². The lowest BCUT2D eigenvalue weighted by atomic mass is 9.96. The van der Waals surface area contributed by atoms with Crippen molar-refractivity contribution in [3.8, 4) is 0 Å². The van der Waals surface area contributed by atoms with Crippen LogP contribution in [0.25, 0.3) is 0 Å². The second-order valence-corrected chi connectivity index (χ2v) is 6.54. The molecule has 1 N–H and O–H groups in total. The summed E-state index contributed by atoms with van der Waals surface area (Å²) in [6.45, 7) is 2.94. The number of carbonyl (C=O) groups is 1. The molecule has 9 heteroatoms. The molecule has 0 spiro atoms. The monoisotopic (exact) mass is 366 g/mol. The predicted octanol–water partition coefficient (Wildman–Crippen LogP) is 1.64. The number of methoxy groups -OCH3 is 1. The highest BCUT2D eigenvalue weighted by Crippen LogP contribution is 2.26. The van der Waals surface area contributed by atoms with Crippen molar-refractivity contribution in [3.63, 3.8) is 0 Å². The van der Waals surface area contributed by atoms with Gasteiger partial charge in [-0.25, -0.2) is 9.97 Å². The van der Waals surface area contributed by atoms with E-state index in [0.717, 1.165) is 31.8 Å². The predicted molar refractivity (Wildman–Crippen MR) is 92.4 cm³/mol. The van der Waals surface area contributed by atoms with Gasteiger partial charge in [-0.2, -0.15) is 0 Å². The number of ether oxygens (including phenoxy) is 1. The lowest BCUT2D eigenvalue weighted by molar-refractivity contribution is -0.132. The number of nitrogens with one attached hydrogen (secondary N) is 1.